The van der Waals surface area contributed by atoms with Gasteiger partial charge < -0.3 is 10.4 Å². The second kappa shape index (κ2) is 8.39. The van der Waals surface area contributed by atoms with E-state index in [1.165, 1.54) is 44.3 Å². The minimum absolute atomic E-state index is 0.0676. The van der Waals surface area contributed by atoms with Gasteiger partial charge in [0.1, 0.15) is 0 Å². The van der Waals surface area contributed by atoms with Crippen LogP contribution < -0.4 is 5.32 Å². The number of nitrogens with one attached hydrogen (secondary N) is 1. The normalized spacial score (nSPS) is 21.4. The molecule has 1 aliphatic rings. The summed E-state index contributed by atoms with van der Waals surface area (Å²) in [7, 11) is 0. The zero-order valence-electron chi connectivity index (χ0n) is 11.5. The fourth-order valence-corrected chi connectivity index (χ4v) is 3.91. The smallest absolute Gasteiger partial charge is 0.0610 e. The van der Waals surface area contributed by atoms with E-state index >= 15 is 0 Å². The zero-order valence-corrected chi connectivity index (χ0v) is 12.3. The number of likely N-dealkylation sites (N-methyl/N-ethyl adjacent to an activating group) is 1. The maximum Gasteiger partial charge on any atom is 0.0610 e. The van der Waals surface area contributed by atoms with Crippen LogP contribution in [0.3, 0.4) is 0 Å². The average Bonchev–Trinajstić information content (AvgIpc) is 2.36. The van der Waals surface area contributed by atoms with Crippen LogP contribution >= 0.6 is 11.8 Å². The summed E-state index contributed by atoms with van der Waals surface area (Å²) in [5, 5.41) is 13.7. The number of aliphatic hydroxyl groups is 1. The van der Waals surface area contributed by atoms with Crippen LogP contribution in [-0.2, 0) is 0 Å². The van der Waals surface area contributed by atoms with Gasteiger partial charge in [-0.1, -0.05) is 26.2 Å². The Bertz CT molecular complexity index is 195. The lowest BCUT2D eigenvalue weighted by Gasteiger charge is -2.28. The number of rotatable bonds is 8. The van der Waals surface area contributed by atoms with Crippen LogP contribution in [0.25, 0.3) is 0 Å². The number of thioether (sulfide) groups is 1. The first-order valence-corrected chi connectivity index (χ1v) is 8.22. The Labute approximate surface area is 111 Å². The first kappa shape index (κ1) is 15.3. The van der Waals surface area contributed by atoms with Gasteiger partial charge in [0, 0.05) is 10.8 Å². The molecule has 0 aromatic rings. The van der Waals surface area contributed by atoms with Gasteiger partial charge in [-0.15, -0.1) is 0 Å². The van der Waals surface area contributed by atoms with E-state index in [1.54, 1.807) is 0 Å². The average molecular weight is 259 g/mol. The molecular weight excluding hydrogens is 230 g/mol. The monoisotopic (exact) mass is 259 g/mol. The van der Waals surface area contributed by atoms with E-state index < -0.39 is 0 Å². The van der Waals surface area contributed by atoms with Crippen molar-refractivity contribution in [2.24, 2.45) is 0 Å². The lowest BCUT2D eigenvalue weighted by Crippen LogP contribution is -2.45. The Morgan fingerprint density at radius 2 is 2.00 bits per heavy atom. The van der Waals surface area contributed by atoms with Crippen molar-refractivity contribution in [2.75, 3.05) is 18.9 Å². The number of hydrogen-bond acceptors (Lipinski definition) is 3. The molecule has 1 rings (SSSR count). The van der Waals surface area contributed by atoms with Crippen molar-refractivity contribution < 1.29 is 5.11 Å². The van der Waals surface area contributed by atoms with Crippen LogP contribution in [0.2, 0.25) is 0 Å². The minimum atomic E-state index is -0.0676. The molecule has 0 spiro atoms. The highest BCUT2D eigenvalue weighted by Crippen LogP contribution is 2.29. The van der Waals surface area contributed by atoms with Gasteiger partial charge in [0.2, 0.25) is 0 Å². The summed E-state index contributed by atoms with van der Waals surface area (Å²) in [4.78, 5) is 0. The highest BCUT2D eigenvalue weighted by atomic mass is 32.2. The molecule has 0 heterocycles. The quantitative estimate of drug-likeness (QED) is 0.657. The summed E-state index contributed by atoms with van der Waals surface area (Å²) in [6.45, 7) is 5.41. The minimum Gasteiger partial charge on any atom is -0.394 e. The summed E-state index contributed by atoms with van der Waals surface area (Å²) in [6.07, 6.45) is 9.46. The summed E-state index contributed by atoms with van der Waals surface area (Å²) >= 11 is 2.16. The van der Waals surface area contributed by atoms with Gasteiger partial charge in [0.05, 0.1) is 6.61 Å². The summed E-state index contributed by atoms with van der Waals surface area (Å²) in [5.41, 5.74) is -0.0676. The predicted octanol–water partition coefficient (Wildman–Crippen LogP) is 3.19. The molecule has 0 aromatic heterocycles. The lowest BCUT2D eigenvalue weighted by molar-refractivity contribution is 0.167. The van der Waals surface area contributed by atoms with Crippen molar-refractivity contribution in [3.63, 3.8) is 0 Å². The van der Waals surface area contributed by atoms with E-state index in [1.807, 2.05) is 0 Å². The first-order chi connectivity index (χ1) is 8.20. The van der Waals surface area contributed by atoms with Gasteiger partial charge >= 0.3 is 0 Å². The van der Waals surface area contributed by atoms with Crippen LogP contribution in [0.15, 0.2) is 0 Å². The van der Waals surface area contributed by atoms with Gasteiger partial charge in [-0.3, -0.25) is 0 Å². The fourth-order valence-electron chi connectivity index (χ4n) is 2.59. The molecule has 0 aromatic carbocycles. The fraction of sp³-hybridized carbons (Fsp3) is 1.00. The number of hydrogen-bond donors (Lipinski definition) is 2. The van der Waals surface area contributed by atoms with Gasteiger partial charge in [0.15, 0.2) is 0 Å². The second-order valence-corrected chi connectivity index (χ2v) is 6.89. The van der Waals surface area contributed by atoms with E-state index in [0.717, 1.165) is 18.2 Å². The molecule has 102 valence electrons. The third kappa shape index (κ3) is 6.12. The van der Waals surface area contributed by atoms with Crippen LogP contribution in [-0.4, -0.2) is 34.8 Å². The van der Waals surface area contributed by atoms with Crippen molar-refractivity contribution in [1.29, 1.82) is 0 Å². The van der Waals surface area contributed by atoms with E-state index in [4.69, 9.17) is 0 Å². The Hall–Kier alpha value is 0.270. The van der Waals surface area contributed by atoms with E-state index in [-0.39, 0.29) is 12.1 Å². The van der Waals surface area contributed by atoms with Crippen LogP contribution in [0.1, 0.15) is 58.8 Å². The lowest BCUT2D eigenvalue weighted by atomic mass is 9.97. The van der Waals surface area contributed by atoms with Gasteiger partial charge in [-0.2, -0.15) is 11.8 Å². The third-order valence-corrected chi connectivity index (χ3v) is 5.20. The molecule has 1 saturated carbocycles. The summed E-state index contributed by atoms with van der Waals surface area (Å²) in [6, 6.07) is 0. The van der Waals surface area contributed by atoms with E-state index in [2.05, 4.69) is 30.9 Å². The third-order valence-electron chi connectivity index (χ3n) is 3.73. The highest BCUT2D eigenvalue weighted by Gasteiger charge is 2.21. The van der Waals surface area contributed by atoms with E-state index in [9.17, 15) is 5.11 Å². The van der Waals surface area contributed by atoms with Gasteiger partial charge in [-0.25, -0.2) is 0 Å². The Morgan fingerprint density at radius 3 is 2.59 bits per heavy atom. The van der Waals surface area contributed by atoms with Gasteiger partial charge in [-0.05, 0) is 44.9 Å². The summed E-state index contributed by atoms with van der Waals surface area (Å²) in [5.74, 6) is 1.26. The molecular formula is C14H29NOS. The molecule has 1 unspecified atom stereocenters. The Balaban J connectivity index is 2.09. The molecule has 1 atom stereocenters. The van der Waals surface area contributed by atoms with Crippen molar-refractivity contribution in [3.05, 3.63) is 0 Å². The largest absolute Gasteiger partial charge is 0.394 e. The number of aliphatic hydroxyl groups excluding tert-OH is 1. The maximum absolute atomic E-state index is 9.40. The van der Waals surface area contributed by atoms with Crippen molar-refractivity contribution in [2.45, 2.75) is 69.6 Å². The van der Waals surface area contributed by atoms with E-state index in [0.29, 0.717) is 0 Å². The highest BCUT2D eigenvalue weighted by molar-refractivity contribution is 7.99. The molecule has 3 heteroatoms. The van der Waals surface area contributed by atoms with Crippen LogP contribution in [0.4, 0.5) is 0 Å². The molecule has 2 N–H and O–H groups in total. The van der Waals surface area contributed by atoms with Crippen LogP contribution in [0, 0.1) is 0 Å². The molecule has 0 amide bonds. The SMILES string of the molecule is CCNC(C)(CO)CCCSC1CCCCC1. The second-order valence-electron chi connectivity index (χ2n) is 5.48. The Kier molecular flexibility index (Phi) is 7.56. The zero-order chi connectivity index (χ0) is 12.6. The molecule has 17 heavy (non-hydrogen) atoms. The predicted molar refractivity (Wildman–Crippen MR) is 77.7 cm³/mol. The molecule has 0 bridgehead atoms. The molecule has 2 nitrogen and oxygen atoms in total. The maximum atomic E-state index is 9.40. The molecule has 0 aliphatic heterocycles. The first-order valence-electron chi connectivity index (χ1n) is 7.17. The molecule has 0 saturated heterocycles. The topological polar surface area (TPSA) is 32.3 Å². The molecule has 0 radical (unpaired) electrons. The summed E-state index contributed by atoms with van der Waals surface area (Å²) < 4.78 is 0. The van der Waals surface area contributed by atoms with Crippen molar-refractivity contribution in [1.82, 2.24) is 5.32 Å². The van der Waals surface area contributed by atoms with Crippen LogP contribution in [0.5, 0.6) is 0 Å². The molecule has 1 aliphatic carbocycles. The Morgan fingerprint density at radius 1 is 1.29 bits per heavy atom. The standard InChI is InChI=1S/C14H29NOS/c1-3-15-14(2,12-16)10-7-11-17-13-8-5-4-6-9-13/h13,15-16H,3-12H2,1-2H3. The van der Waals surface area contributed by atoms with Gasteiger partial charge in [0.25, 0.3) is 0 Å². The van der Waals surface area contributed by atoms with Crippen molar-refractivity contribution in [3.8, 4) is 0 Å². The van der Waals surface area contributed by atoms with Crippen molar-refractivity contribution >= 4 is 11.8 Å². The molecule has 1 fully saturated rings.